The standard InChI is InChI=1S/C21H18ClN3O2/c22-17-4-2-1-3-15(17)9-16(26)7-14-5-6-24-18(8-14)19(27)25-21-10-20(11-21,12-21)13-23/h1-6,8H,7,9-12H2,(H,25,27). The maximum absolute atomic E-state index is 12.5. The van der Waals surface area contributed by atoms with Crippen LogP contribution in [0.25, 0.3) is 0 Å². The Bertz CT molecular complexity index is 960. The van der Waals surface area contributed by atoms with E-state index in [1.54, 1.807) is 24.4 Å². The normalized spacial score (nSPS) is 24.9. The largest absolute Gasteiger partial charge is 0.345 e. The molecule has 1 amide bonds. The predicted octanol–water partition coefficient (Wildman–Crippen LogP) is 3.27. The lowest BCUT2D eigenvalue weighted by Crippen LogP contribution is -2.74. The van der Waals surface area contributed by atoms with Gasteiger partial charge in [0.1, 0.15) is 11.5 Å². The number of benzene rings is 1. The van der Waals surface area contributed by atoms with Crippen LogP contribution in [0.1, 0.15) is 40.9 Å². The van der Waals surface area contributed by atoms with Crippen molar-refractivity contribution in [2.75, 3.05) is 0 Å². The Hall–Kier alpha value is -2.71. The van der Waals surface area contributed by atoms with E-state index in [-0.39, 0.29) is 35.5 Å². The van der Waals surface area contributed by atoms with Crippen molar-refractivity contribution < 1.29 is 9.59 Å². The van der Waals surface area contributed by atoms with Gasteiger partial charge in [-0.05, 0) is 48.6 Å². The number of ketones is 1. The van der Waals surface area contributed by atoms with Crippen molar-refractivity contribution in [3.05, 3.63) is 64.4 Å². The highest BCUT2D eigenvalue weighted by atomic mass is 35.5. The molecule has 1 aromatic carbocycles. The minimum absolute atomic E-state index is 0.0241. The van der Waals surface area contributed by atoms with Crippen LogP contribution in [0.3, 0.4) is 0 Å². The molecule has 0 spiro atoms. The zero-order valence-electron chi connectivity index (χ0n) is 14.7. The number of carbonyl (C=O) groups is 2. The highest BCUT2D eigenvalue weighted by molar-refractivity contribution is 6.31. The Morgan fingerprint density at radius 3 is 2.63 bits per heavy atom. The van der Waals surface area contributed by atoms with Crippen LogP contribution in [0.5, 0.6) is 0 Å². The predicted molar refractivity (Wildman–Crippen MR) is 100 cm³/mol. The number of nitriles is 1. The van der Waals surface area contributed by atoms with E-state index >= 15 is 0 Å². The van der Waals surface area contributed by atoms with E-state index in [2.05, 4.69) is 16.4 Å². The summed E-state index contributed by atoms with van der Waals surface area (Å²) in [7, 11) is 0. The number of amides is 1. The second-order valence-electron chi connectivity index (χ2n) is 7.69. The molecule has 2 bridgehead atoms. The topological polar surface area (TPSA) is 82.9 Å². The SMILES string of the molecule is N#CC12CC(NC(=O)c3cc(CC(=O)Cc4ccccc4Cl)ccn3)(C1)C2. The summed E-state index contributed by atoms with van der Waals surface area (Å²) < 4.78 is 0. The van der Waals surface area contributed by atoms with Gasteiger partial charge >= 0.3 is 0 Å². The van der Waals surface area contributed by atoms with Gasteiger partial charge in [-0.25, -0.2) is 0 Å². The average molecular weight is 380 g/mol. The minimum Gasteiger partial charge on any atom is -0.345 e. The molecule has 3 fully saturated rings. The molecule has 1 N–H and O–H groups in total. The van der Waals surface area contributed by atoms with E-state index < -0.39 is 0 Å². The molecule has 0 radical (unpaired) electrons. The summed E-state index contributed by atoms with van der Waals surface area (Å²) in [6.45, 7) is 0. The lowest BCUT2D eigenvalue weighted by molar-refractivity contribution is -0.117. The molecular weight excluding hydrogens is 362 g/mol. The summed E-state index contributed by atoms with van der Waals surface area (Å²) in [4.78, 5) is 29.0. The van der Waals surface area contributed by atoms with Crippen LogP contribution in [0.4, 0.5) is 0 Å². The maximum Gasteiger partial charge on any atom is 0.270 e. The molecule has 3 aliphatic carbocycles. The molecule has 0 saturated heterocycles. The first-order valence-electron chi connectivity index (χ1n) is 8.86. The molecule has 0 aliphatic heterocycles. The number of aromatic nitrogens is 1. The van der Waals surface area contributed by atoms with E-state index in [0.29, 0.717) is 10.7 Å². The minimum atomic E-state index is -0.248. The number of hydrogen-bond acceptors (Lipinski definition) is 4. The Morgan fingerprint density at radius 2 is 1.93 bits per heavy atom. The van der Waals surface area contributed by atoms with E-state index in [4.69, 9.17) is 16.9 Å². The molecule has 2 aromatic rings. The first-order valence-corrected chi connectivity index (χ1v) is 9.24. The molecule has 5 nitrogen and oxygen atoms in total. The number of hydrogen-bond donors (Lipinski definition) is 1. The highest BCUT2D eigenvalue weighted by Gasteiger charge is 2.69. The summed E-state index contributed by atoms with van der Waals surface area (Å²) in [5, 5.41) is 12.7. The fraction of sp³-hybridized carbons (Fsp3) is 0.333. The van der Waals surface area contributed by atoms with Crippen LogP contribution in [0.15, 0.2) is 42.6 Å². The Labute approximate surface area is 162 Å². The Kier molecular flexibility index (Phi) is 4.24. The molecule has 0 atom stereocenters. The van der Waals surface area contributed by atoms with E-state index in [9.17, 15) is 9.59 Å². The Balaban J connectivity index is 1.38. The van der Waals surface area contributed by atoms with Crippen LogP contribution in [0.2, 0.25) is 5.02 Å². The zero-order chi connectivity index (χ0) is 19.1. The van der Waals surface area contributed by atoms with Crippen molar-refractivity contribution in [3.8, 4) is 6.07 Å². The molecule has 27 heavy (non-hydrogen) atoms. The lowest BCUT2D eigenvalue weighted by Gasteiger charge is -2.66. The molecule has 136 valence electrons. The molecule has 1 aromatic heterocycles. The van der Waals surface area contributed by atoms with Gasteiger partial charge in [0, 0.05) is 29.6 Å². The van der Waals surface area contributed by atoms with Crippen LogP contribution in [-0.4, -0.2) is 22.2 Å². The van der Waals surface area contributed by atoms with Gasteiger partial charge in [-0.2, -0.15) is 5.26 Å². The van der Waals surface area contributed by atoms with Gasteiger partial charge in [0.05, 0.1) is 11.5 Å². The van der Waals surface area contributed by atoms with Crippen molar-refractivity contribution in [1.29, 1.82) is 5.26 Å². The third-order valence-electron chi connectivity index (χ3n) is 5.45. The number of nitrogens with zero attached hydrogens (tertiary/aromatic N) is 2. The second-order valence-corrected chi connectivity index (χ2v) is 8.10. The molecule has 5 rings (SSSR count). The first-order chi connectivity index (χ1) is 12.9. The quantitative estimate of drug-likeness (QED) is 0.835. The molecule has 6 heteroatoms. The number of Topliss-reactive ketones (excluding diaryl/α,β-unsaturated/α-hetero) is 1. The van der Waals surface area contributed by atoms with Crippen molar-refractivity contribution in [2.24, 2.45) is 5.41 Å². The van der Waals surface area contributed by atoms with E-state index in [0.717, 1.165) is 30.4 Å². The third kappa shape index (κ3) is 3.33. The number of halogens is 1. The molecule has 3 saturated carbocycles. The zero-order valence-corrected chi connectivity index (χ0v) is 15.4. The fourth-order valence-corrected chi connectivity index (χ4v) is 4.40. The monoisotopic (exact) mass is 379 g/mol. The first kappa shape index (κ1) is 17.7. The summed E-state index contributed by atoms with van der Waals surface area (Å²) in [6, 6.07) is 13.0. The number of rotatable bonds is 6. The average Bonchev–Trinajstić information content (AvgIpc) is 2.59. The van der Waals surface area contributed by atoms with Gasteiger partial charge in [0.15, 0.2) is 0 Å². The van der Waals surface area contributed by atoms with Crippen molar-refractivity contribution >= 4 is 23.3 Å². The van der Waals surface area contributed by atoms with Gasteiger partial charge < -0.3 is 5.32 Å². The third-order valence-corrected chi connectivity index (χ3v) is 5.82. The fourth-order valence-electron chi connectivity index (χ4n) is 4.20. The second kappa shape index (κ2) is 6.47. The molecule has 1 heterocycles. The summed E-state index contributed by atoms with van der Waals surface area (Å²) >= 11 is 6.11. The number of pyridine rings is 1. The number of nitrogens with one attached hydrogen (secondary N) is 1. The maximum atomic E-state index is 12.5. The molecule has 3 aliphatic rings. The molecular formula is C21H18ClN3O2. The van der Waals surface area contributed by atoms with Crippen LogP contribution in [-0.2, 0) is 17.6 Å². The smallest absolute Gasteiger partial charge is 0.270 e. The summed E-state index contributed by atoms with van der Waals surface area (Å²) in [6.07, 6.45) is 4.18. The van der Waals surface area contributed by atoms with Crippen molar-refractivity contribution in [3.63, 3.8) is 0 Å². The van der Waals surface area contributed by atoms with Gasteiger partial charge in [0.2, 0.25) is 0 Å². The molecule has 0 unspecified atom stereocenters. The van der Waals surface area contributed by atoms with Gasteiger partial charge in [0.25, 0.3) is 5.91 Å². The summed E-state index contributed by atoms with van der Waals surface area (Å²) in [5.41, 5.74) is 1.40. The van der Waals surface area contributed by atoms with Gasteiger partial charge in [-0.3, -0.25) is 14.6 Å². The number of carbonyl (C=O) groups excluding carboxylic acids is 2. The van der Waals surface area contributed by atoms with Crippen LogP contribution >= 0.6 is 11.6 Å². The highest BCUT2D eigenvalue weighted by Crippen LogP contribution is 2.66. The van der Waals surface area contributed by atoms with Crippen molar-refractivity contribution in [1.82, 2.24) is 10.3 Å². The lowest BCUT2D eigenvalue weighted by atomic mass is 9.40. The van der Waals surface area contributed by atoms with Crippen molar-refractivity contribution in [2.45, 2.75) is 37.6 Å². The Morgan fingerprint density at radius 1 is 1.19 bits per heavy atom. The van der Waals surface area contributed by atoms with E-state index in [1.807, 2.05) is 18.2 Å². The van der Waals surface area contributed by atoms with Gasteiger partial charge in [-0.15, -0.1) is 0 Å². The van der Waals surface area contributed by atoms with Crippen LogP contribution < -0.4 is 5.32 Å². The van der Waals surface area contributed by atoms with E-state index in [1.165, 1.54) is 0 Å². The van der Waals surface area contributed by atoms with Crippen LogP contribution in [0, 0.1) is 16.7 Å². The van der Waals surface area contributed by atoms with Gasteiger partial charge in [-0.1, -0.05) is 29.8 Å². The summed E-state index contributed by atoms with van der Waals surface area (Å²) in [5.74, 6) is -0.224.